The lowest BCUT2D eigenvalue weighted by Crippen LogP contribution is -2.35. The van der Waals surface area contributed by atoms with E-state index in [9.17, 15) is 18.0 Å². The minimum Gasteiger partial charge on any atom is -0.352 e. The number of nitrogens with zero attached hydrogens (tertiary/aromatic N) is 1. The highest BCUT2D eigenvalue weighted by atomic mass is 32.2. The van der Waals surface area contributed by atoms with E-state index in [0.717, 1.165) is 30.6 Å². The molecule has 162 valence electrons. The number of benzene rings is 1. The first kappa shape index (κ1) is 22.3. The molecule has 0 radical (unpaired) electrons. The van der Waals surface area contributed by atoms with Gasteiger partial charge in [0.1, 0.15) is 0 Å². The third kappa shape index (κ3) is 5.80. The molecule has 4 N–H and O–H groups in total. The number of carbonyl (C=O) groups excluding carboxylic acids is 2. The summed E-state index contributed by atoms with van der Waals surface area (Å²) in [4.78, 5) is 24.8. The van der Waals surface area contributed by atoms with Crippen molar-refractivity contribution in [1.82, 2.24) is 9.62 Å². The molecule has 0 spiro atoms. The van der Waals surface area contributed by atoms with Gasteiger partial charge in [-0.25, -0.2) is 13.2 Å². The normalized spacial score (nSPS) is 16.4. The third-order valence-corrected chi connectivity index (χ3v) is 7.79. The van der Waals surface area contributed by atoms with Gasteiger partial charge in [-0.05, 0) is 42.5 Å². The second-order valence-corrected chi connectivity index (χ2v) is 10.1. The monoisotopic (exact) mass is 450 g/mol. The first-order valence-corrected chi connectivity index (χ1v) is 12.2. The van der Waals surface area contributed by atoms with Gasteiger partial charge in [0.2, 0.25) is 15.9 Å². The van der Waals surface area contributed by atoms with Crippen molar-refractivity contribution in [2.45, 2.75) is 43.0 Å². The Morgan fingerprint density at radius 1 is 1.10 bits per heavy atom. The van der Waals surface area contributed by atoms with Gasteiger partial charge in [-0.15, -0.1) is 11.3 Å². The first-order valence-electron chi connectivity index (χ1n) is 9.86. The Labute approximate surface area is 180 Å². The minimum absolute atomic E-state index is 0.0213. The number of anilines is 1. The van der Waals surface area contributed by atoms with E-state index in [1.807, 2.05) is 17.5 Å². The second-order valence-electron chi connectivity index (χ2n) is 7.18. The molecule has 0 aliphatic carbocycles. The molecule has 30 heavy (non-hydrogen) atoms. The largest absolute Gasteiger partial charge is 0.352 e. The van der Waals surface area contributed by atoms with Crippen LogP contribution in [0.4, 0.5) is 10.5 Å². The molecule has 1 saturated heterocycles. The summed E-state index contributed by atoms with van der Waals surface area (Å²) in [5.41, 5.74) is 5.62. The van der Waals surface area contributed by atoms with Gasteiger partial charge >= 0.3 is 6.03 Å². The Bertz CT molecular complexity index is 968. The van der Waals surface area contributed by atoms with Gasteiger partial charge in [0, 0.05) is 23.7 Å². The number of thiophene rings is 1. The van der Waals surface area contributed by atoms with E-state index in [2.05, 4.69) is 10.6 Å². The Kier molecular flexibility index (Phi) is 7.46. The van der Waals surface area contributed by atoms with Gasteiger partial charge < -0.3 is 16.4 Å². The van der Waals surface area contributed by atoms with Crippen molar-refractivity contribution < 1.29 is 18.0 Å². The van der Waals surface area contributed by atoms with Gasteiger partial charge in [-0.2, -0.15) is 4.31 Å². The van der Waals surface area contributed by atoms with E-state index in [-0.39, 0.29) is 17.2 Å². The summed E-state index contributed by atoms with van der Waals surface area (Å²) in [6.07, 6.45) is 3.76. The van der Waals surface area contributed by atoms with Crippen molar-refractivity contribution in [3.8, 4) is 0 Å². The van der Waals surface area contributed by atoms with Crippen LogP contribution in [0.15, 0.2) is 46.7 Å². The number of carbonyl (C=O) groups is 2. The van der Waals surface area contributed by atoms with Crippen molar-refractivity contribution in [2.24, 2.45) is 5.73 Å². The topological polar surface area (TPSA) is 122 Å². The van der Waals surface area contributed by atoms with Crippen LogP contribution in [0.5, 0.6) is 0 Å². The van der Waals surface area contributed by atoms with Crippen molar-refractivity contribution in [1.29, 1.82) is 0 Å². The summed E-state index contributed by atoms with van der Waals surface area (Å²) >= 11 is 1.41. The quantitative estimate of drug-likeness (QED) is 0.600. The number of nitrogens with one attached hydrogen (secondary N) is 2. The summed E-state index contributed by atoms with van der Waals surface area (Å²) in [7, 11) is -3.61. The Morgan fingerprint density at radius 2 is 1.83 bits per heavy atom. The number of amides is 3. The van der Waals surface area contributed by atoms with Crippen LogP contribution in [0, 0.1) is 0 Å². The zero-order chi connectivity index (χ0) is 21.6. The van der Waals surface area contributed by atoms with Gasteiger partial charge in [-0.3, -0.25) is 4.79 Å². The van der Waals surface area contributed by atoms with E-state index in [1.165, 1.54) is 21.7 Å². The molecule has 10 heteroatoms. The average molecular weight is 451 g/mol. The van der Waals surface area contributed by atoms with Gasteiger partial charge in [-0.1, -0.05) is 25.0 Å². The fourth-order valence-corrected chi connectivity index (χ4v) is 5.79. The molecular formula is C20H26N4O4S2. The van der Waals surface area contributed by atoms with Crippen molar-refractivity contribution >= 4 is 39.0 Å². The van der Waals surface area contributed by atoms with Crippen LogP contribution in [0.3, 0.4) is 0 Å². The summed E-state index contributed by atoms with van der Waals surface area (Å²) in [5.74, 6) is -0.355. The summed E-state index contributed by atoms with van der Waals surface area (Å²) in [6.45, 7) is 1.03. The Balaban J connectivity index is 1.71. The Morgan fingerprint density at radius 3 is 2.47 bits per heavy atom. The van der Waals surface area contributed by atoms with Crippen LogP contribution in [-0.2, 0) is 14.8 Å². The smallest absolute Gasteiger partial charge is 0.312 e. The molecule has 8 nitrogen and oxygen atoms in total. The number of rotatable bonds is 7. The molecule has 1 aromatic carbocycles. The van der Waals surface area contributed by atoms with Crippen molar-refractivity contribution in [3.63, 3.8) is 0 Å². The predicted octanol–water partition coefficient (Wildman–Crippen LogP) is 3.05. The maximum atomic E-state index is 13.0. The number of nitrogens with two attached hydrogens (primary N) is 1. The lowest BCUT2D eigenvalue weighted by Gasteiger charge is -2.20. The van der Waals surface area contributed by atoms with Crippen molar-refractivity contribution in [3.05, 3.63) is 46.7 Å². The maximum Gasteiger partial charge on any atom is 0.312 e. The predicted molar refractivity (Wildman–Crippen MR) is 117 cm³/mol. The molecule has 1 aliphatic heterocycles. The molecule has 0 bridgehead atoms. The molecule has 3 amide bonds. The molecule has 1 unspecified atom stereocenters. The number of hydrogen-bond donors (Lipinski definition) is 3. The zero-order valence-electron chi connectivity index (χ0n) is 16.5. The number of primary amides is 1. The minimum atomic E-state index is -3.61. The van der Waals surface area contributed by atoms with E-state index in [4.69, 9.17) is 5.73 Å². The summed E-state index contributed by atoms with van der Waals surface area (Å²) < 4.78 is 27.5. The highest BCUT2D eigenvalue weighted by Crippen LogP contribution is 2.25. The number of urea groups is 1. The molecule has 2 heterocycles. The van der Waals surface area contributed by atoms with Gasteiger partial charge in [0.25, 0.3) is 0 Å². The molecular weight excluding hydrogens is 424 g/mol. The van der Waals surface area contributed by atoms with Crippen LogP contribution in [0.1, 0.15) is 43.0 Å². The van der Waals surface area contributed by atoms with Crippen LogP contribution in [0.25, 0.3) is 0 Å². The standard InChI is InChI=1S/C20H26N4O4S2/c21-20(26)23-17(18-9-6-12-29-18)14-19(25)22-15-7-5-8-16(13-15)30(27,28)24-10-3-1-2-4-11-24/h5-9,12-13,17H,1-4,10-11,14H2,(H,22,25)(H3,21,23,26). The van der Waals surface area contributed by atoms with E-state index in [0.29, 0.717) is 18.8 Å². The van der Waals surface area contributed by atoms with E-state index < -0.39 is 22.1 Å². The molecule has 1 aliphatic rings. The van der Waals surface area contributed by atoms with Gasteiger partial charge in [0.05, 0.1) is 17.4 Å². The second kappa shape index (κ2) is 10.1. The molecule has 1 fully saturated rings. The van der Waals surface area contributed by atoms with E-state index in [1.54, 1.807) is 18.2 Å². The van der Waals surface area contributed by atoms with Crippen LogP contribution in [-0.4, -0.2) is 37.8 Å². The van der Waals surface area contributed by atoms with E-state index >= 15 is 0 Å². The average Bonchev–Trinajstić information content (AvgIpc) is 3.09. The first-order chi connectivity index (χ1) is 14.4. The van der Waals surface area contributed by atoms with Crippen LogP contribution < -0.4 is 16.4 Å². The lowest BCUT2D eigenvalue weighted by atomic mass is 10.1. The summed E-state index contributed by atoms with van der Waals surface area (Å²) in [6, 6.07) is 8.63. The number of sulfonamides is 1. The zero-order valence-corrected chi connectivity index (χ0v) is 18.2. The summed E-state index contributed by atoms with van der Waals surface area (Å²) in [5, 5.41) is 7.14. The molecule has 1 aromatic heterocycles. The van der Waals surface area contributed by atoms with Crippen LogP contribution in [0.2, 0.25) is 0 Å². The SMILES string of the molecule is NC(=O)NC(CC(=O)Nc1cccc(S(=O)(=O)N2CCCCCC2)c1)c1cccs1. The molecule has 2 aromatic rings. The number of hydrogen-bond acceptors (Lipinski definition) is 5. The third-order valence-electron chi connectivity index (χ3n) is 4.91. The fourth-order valence-electron chi connectivity index (χ4n) is 3.45. The lowest BCUT2D eigenvalue weighted by molar-refractivity contribution is -0.116. The molecule has 1 atom stereocenters. The molecule has 3 rings (SSSR count). The molecule has 0 saturated carbocycles. The van der Waals surface area contributed by atoms with Crippen molar-refractivity contribution in [2.75, 3.05) is 18.4 Å². The van der Waals surface area contributed by atoms with Gasteiger partial charge in [0.15, 0.2) is 0 Å². The highest BCUT2D eigenvalue weighted by molar-refractivity contribution is 7.89. The fraction of sp³-hybridized carbons (Fsp3) is 0.400. The Hall–Kier alpha value is -2.43. The highest BCUT2D eigenvalue weighted by Gasteiger charge is 2.25. The van der Waals surface area contributed by atoms with Crippen LogP contribution >= 0.6 is 11.3 Å². The maximum absolute atomic E-state index is 13.0.